The molecule has 3 nitrogen and oxygen atoms in total. The third-order valence-corrected chi connectivity index (χ3v) is 1.95. The molecule has 0 aliphatic heterocycles. The van der Waals surface area contributed by atoms with E-state index in [0.717, 1.165) is 18.3 Å². The maximum absolute atomic E-state index is 11.0. The predicted molar refractivity (Wildman–Crippen MR) is 38.8 cm³/mol. The third-order valence-electron chi connectivity index (χ3n) is 1.95. The van der Waals surface area contributed by atoms with Gasteiger partial charge in [0.1, 0.15) is 0 Å². The molecule has 56 valence electrons. The molecule has 0 saturated heterocycles. The first kappa shape index (κ1) is 6.34. The maximum Gasteiger partial charge on any atom is 0.179 e. The maximum atomic E-state index is 11.0. The smallest absolute Gasteiger partial charge is 0.179 e. The fourth-order valence-electron chi connectivity index (χ4n) is 1.40. The number of hydrogen-bond donors (Lipinski definition) is 1. The number of aromatic amines is 1. The Bertz CT molecular complexity index is 325. The van der Waals surface area contributed by atoms with E-state index >= 15 is 0 Å². The Labute approximate surface area is 63.4 Å². The highest BCUT2D eigenvalue weighted by Gasteiger charge is 2.21. The fraction of sp³-hybridized carbons (Fsp3) is 0.250. The Balaban J connectivity index is 2.54. The Morgan fingerprint density at radius 2 is 2.27 bits per heavy atom. The van der Waals surface area contributed by atoms with Gasteiger partial charge in [-0.3, -0.25) is 9.59 Å². The number of nitrogens with one attached hydrogen (secondary N) is 1. The van der Waals surface area contributed by atoms with Crippen molar-refractivity contribution in [1.82, 2.24) is 4.98 Å². The summed E-state index contributed by atoms with van der Waals surface area (Å²) in [6.07, 6.45) is 2.09. The van der Waals surface area contributed by atoms with Gasteiger partial charge in [-0.15, -0.1) is 0 Å². The lowest BCUT2D eigenvalue weighted by molar-refractivity contribution is 0.0990. The van der Waals surface area contributed by atoms with E-state index in [2.05, 4.69) is 4.98 Å². The largest absolute Gasteiger partial charge is 0.350 e. The minimum atomic E-state index is 0.119. The second kappa shape index (κ2) is 2.05. The van der Waals surface area contributed by atoms with Crippen LogP contribution in [0, 0.1) is 0 Å². The molecule has 0 atom stereocenters. The second-order valence-electron chi connectivity index (χ2n) is 2.67. The van der Waals surface area contributed by atoms with Gasteiger partial charge < -0.3 is 4.98 Å². The van der Waals surface area contributed by atoms with Crippen LogP contribution in [-0.2, 0) is 6.42 Å². The number of H-pyrrole nitrogens is 1. The van der Waals surface area contributed by atoms with Crippen LogP contribution in [0.25, 0.3) is 0 Å². The van der Waals surface area contributed by atoms with Gasteiger partial charge in [-0.25, -0.2) is 0 Å². The number of aldehydes is 1. The number of rotatable bonds is 1. The van der Waals surface area contributed by atoms with E-state index in [-0.39, 0.29) is 5.78 Å². The molecule has 0 amide bonds. The van der Waals surface area contributed by atoms with Crippen molar-refractivity contribution < 1.29 is 9.59 Å². The molecule has 0 unspecified atom stereocenters. The molecule has 0 saturated carbocycles. The van der Waals surface area contributed by atoms with Crippen LogP contribution < -0.4 is 0 Å². The summed E-state index contributed by atoms with van der Waals surface area (Å²) < 4.78 is 0. The van der Waals surface area contributed by atoms with Crippen molar-refractivity contribution in [2.75, 3.05) is 0 Å². The topological polar surface area (TPSA) is 49.9 Å². The Morgan fingerprint density at radius 3 is 2.91 bits per heavy atom. The standard InChI is InChI=1S/C8H7NO2/c10-4-6-3-5-1-2-7(11)8(5)9-6/h3-4,9H,1-2H2. The van der Waals surface area contributed by atoms with Gasteiger partial charge in [0.05, 0.1) is 11.4 Å². The van der Waals surface area contributed by atoms with Crippen molar-refractivity contribution in [3.8, 4) is 0 Å². The SMILES string of the molecule is O=Cc1cc2c([nH]1)C(=O)CC2. The van der Waals surface area contributed by atoms with Crippen molar-refractivity contribution >= 4 is 12.1 Å². The fourth-order valence-corrected chi connectivity index (χ4v) is 1.40. The quantitative estimate of drug-likeness (QED) is 0.604. The van der Waals surface area contributed by atoms with Crippen LogP contribution in [0.3, 0.4) is 0 Å². The second-order valence-corrected chi connectivity index (χ2v) is 2.67. The summed E-state index contributed by atoms with van der Waals surface area (Å²) in [5, 5.41) is 0. The molecule has 1 heterocycles. The Kier molecular flexibility index (Phi) is 1.18. The number of Topliss-reactive ketones (excluding diaryl/α,β-unsaturated/α-hetero) is 1. The summed E-state index contributed by atoms with van der Waals surface area (Å²) in [6.45, 7) is 0. The average Bonchev–Trinajstić information content (AvgIpc) is 2.53. The first-order valence-electron chi connectivity index (χ1n) is 3.51. The molecule has 1 N–H and O–H groups in total. The molecule has 0 radical (unpaired) electrons. The van der Waals surface area contributed by atoms with Gasteiger partial charge in [0.2, 0.25) is 0 Å². The number of aryl methyl sites for hydroxylation is 1. The molecule has 1 aliphatic carbocycles. The predicted octanol–water partition coefficient (Wildman–Crippen LogP) is 0.956. The Morgan fingerprint density at radius 1 is 1.45 bits per heavy atom. The lowest BCUT2D eigenvalue weighted by Crippen LogP contribution is -1.92. The molecule has 0 aromatic carbocycles. The van der Waals surface area contributed by atoms with Gasteiger partial charge in [0, 0.05) is 6.42 Å². The summed E-state index contributed by atoms with van der Waals surface area (Å²) in [7, 11) is 0. The van der Waals surface area contributed by atoms with Crippen LogP contribution in [-0.4, -0.2) is 17.1 Å². The van der Waals surface area contributed by atoms with Crippen molar-refractivity contribution in [3.63, 3.8) is 0 Å². The van der Waals surface area contributed by atoms with Crippen LogP contribution >= 0.6 is 0 Å². The lowest BCUT2D eigenvalue weighted by atomic mass is 10.2. The van der Waals surface area contributed by atoms with Crippen molar-refractivity contribution in [2.24, 2.45) is 0 Å². The zero-order chi connectivity index (χ0) is 7.84. The van der Waals surface area contributed by atoms with E-state index < -0.39 is 0 Å². The summed E-state index contributed by atoms with van der Waals surface area (Å²) in [6, 6.07) is 1.74. The first-order valence-corrected chi connectivity index (χ1v) is 3.51. The number of carbonyl (C=O) groups is 2. The van der Waals surface area contributed by atoms with Gasteiger partial charge in [0.15, 0.2) is 12.1 Å². The zero-order valence-electron chi connectivity index (χ0n) is 5.89. The van der Waals surface area contributed by atoms with E-state index in [9.17, 15) is 9.59 Å². The van der Waals surface area contributed by atoms with E-state index in [1.807, 2.05) is 0 Å². The van der Waals surface area contributed by atoms with Gasteiger partial charge in [-0.05, 0) is 18.1 Å². The number of ketones is 1. The normalized spacial score (nSPS) is 15.1. The number of carbonyl (C=O) groups excluding carboxylic acids is 2. The Hall–Kier alpha value is -1.38. The molecule has 1 aromatic heterocycles. The van der Waals surface area contributed by atoms with Crippen LogP contribution in [0.5, 0.6) is 0 Å². The minimum Gasteiger partial charge on any atom is -0.350 e. The molecule has 0 spiro atoms. The number of fused-ring (bicyclic) bond motifs is 1. The summed E-state index contributed by atoms with van der Waals surface area (Å²) in [5.74, 6) is 0.119. The summed E-state index contributed by atoms with van der Waals surface area (Å²) in [5.41, 5.74) is 2.12. The molecule has 0 bridgehead atoms. The van der Waals surface area contributed by atoms with E-state index in [1.165, 1.54) is 0 Å². The van der Waals surface area contributed by atoms with E-state index in [1.54, 1.807) is 6.07 Å². The monoisotopic (exact) mass is 149 g/mol. The van der Waals surface area contributed by atoms with E-state index in [4.69, 9.17) is 0 Å². The average molecular weight is 149 g/mol. The molecule has 1 aromatic rings. The van der Waals surface area contributed by atoms with Crippen LogP contribution in [0.15, 0.2) is 6.07 Å². The molecule has 0 fully saturated rings. The van der Waals surface area contributed by atoms with Gasteiger partial charge >= 0.3 is 0 Å². The highest BCUT2D eigenvalue weighted by molar-refractivity contribution is 5.99. The van der Waals surface area contributed by atoms with Gasteiger partial charge in [-0.2, -0.15) is 0 Å². The van der Waals surface area contributed by atoms with Crippen molar-refractivity contribution in [1.29, 1.82) is 0 Å². The first-order chi connectivity index (χ1) is 5.31. The lowest BCUT2D eigenvalue weighted by Gasteiger charge is -1.84. The molecule has 3 heteroatoms. The minimum absolute atomic E-state index is 0.119. The van der Waals surface area contributed by atoms with Gasteiger partial charge in [0.25, 0.3) is 0 Å². The molecular formula is C8H7NO2. The van der Waals surface area contributed by atoms with Gasteiger partial charge in [-0.1, -0.05) is 0 Å². The van der Waals surface area contributed by atoms with Crippen LogP contribution in [0.1, 0.15) is 33.0 Å². The highest BCUT2D eigenvalue weighted by Crippen LogP contribution is 2.21. The third kappa shape index (κ3) is 0.808. The van der Waals surface area contributed by atoms with Crippen LogP contribution in [0.4, 0.5) is 0 Å². The zero-order valence-corrected chi connectivity index (χ0v) is 5.89. The summed E-state index contributed by atoms with van der Waals surface area (Å²) >= 11 is 0. The number of aromatic nitrogens is 1. The molecular weight excluding hydrogens is 142 g/mol. The molecule has 2 rings (SSSR count). The van der Waals surface area contributed by atoms with Crippen LogP contribution in [0.2, 0.25) is 0 Å². The number of hydrogen-bond acceptors (Lipinski definition) is 2. The van der Waals surface area contributed by atoms with Crippen molar-refractivity contribution in [2.45, 2.75) is 12.8 Å². The summed E-state index contributed by atoms with van der Waals surface area (Å²) in [4.78, 5) is 24.1. The molecule has 11 heavy (non-hydrogen) atoms. The van der Waals surface area contributed by atoms with Crippen molar-refractivity contribution in [3.05, 3.63) is 23.0 Å². The van der Waals surface area contributed by atoms with E-state index in [0.29, 0.717) is 17.8 Å². The molecule has 1 aliphatic rings. The highest BCUT2D eigenvalue weighted by atomic mass is 16.1.